The average molecular weight is 422 g/mol. The van der Waals surface area contributed by atoms with Crippen molar-refractivity contribution < 1.29 is 4.79 Å². The Bertz CT molecular complexity index is 1110. The minimum Gasteiger partial charge on any atom is -0.351 e. The molecule has 0 saturated heterocycles. The molecule has 0 aliphatic heterocycles. The van der Waals surface area contributed by atoms with E-state index in [0.29, 0.717) is 12.1 Å². The van der Waals surface area contributed by atoms with Crippen LogP contribution in [0.4, 0.5) is 0 Å². The number of amides is 1. The monoisotopic (exact) mass is 421 g/mol. The highest BCUT2D eigenvalue weighted by Gasteiger charge is 2.10. The molecule has 0 radical (unpaired) electrons. The first kappa shape index (κ1) is 21.5. The van der Waals surface area contributed by atoms with Crippen LogP contribution in [0.3, 0.4) is 0 Å². The van der Waals surface area contributed by atoms with Crippen LogP contribution in [0.15, 0.2) is 97.1 Å². The summed E-state index contributed by atoms with van der Waals surface area (Å²) in [5, 5.41) is 2.96. The number of likely N-dealkylation sites (N-methyl/N-ethyl adjacent to an activating group) is 1. The molecule has 0 bridgehead atoms. The average Bonchev–Trinajstić information content (AvgIpc) is 2.84. The number of benzene rings is 3. The van der Waals surface area contributed by atoms with E-state index in [0.717, 1.165) is 40.2 Å². The van der Waals surface area contributed by atoms with Gasteiger partial charge in [-0.15, -0.1) is 0 Å². The van der Waals surface area contributed by atoms with Gasteiger partial charge in [-0.1, -0.05) is 72.8 Å². The van der Waals surface area contributed by atoms with E-state index in [2.05, 4.69) is 41.7 Å². The van der Waals surface area contributed by atoms with Crippen molar-refractivity contribution in [3.05, 3.63) is 103 Å². The van der Waals surface area contributed by atoms with Gasteiger partial charge in [0.25, 0.3) is 5.91 Å². The Kier molecular flexibility index (Phi) is 6.73. The maximum atomic E-state index is 12.4. The van der Waals surface area contributed by atoms with Crippen LogP contribution in [0.5, 0.6) is 0 Å². The van der Waals surface area contributed by atoms with E-state index in [4.69, 9.17) is 4.98 Å². The summed E-state index contributed by atoms with van der Waals surface area (Å²) in [4.78, 5) is 19.4. The van der Waals surface area contributed by atoms with Gasteiger partial charge in [-0.3, -0.25) is 4.79 Å². The van der Waals surface area contributed by atoms with Crippen molar-refractivity contribution in [3.8, 4) is 33.6 Å². The largest absolute Gasteiger partial charge is 0.351 e. The van der Waals surface area contributed by atoms with Gasteiger partial charge >= 0.3 is 0 Å². The van der Waals surface area contributed by atoms with Gasteiger partial charge in [-0.05, 0) is 49.5 Å². The zero-order chi connectivity index (χ0) is 22.3. The lowest BCUT2D eigenvalue weighted by Gasteiger charge is -2.12. The zero-order valence-corrected chi connectivity index (χ0v) is 18.5. The predicted octanol–water partition coefficient (Wildman–Crippen LogP) is 5.37. The summed E-state index contributed by atoms with van der Waals surface area (Å²) >= 11 is 0. The molecule has 1 amide bonds. The molecule has 1 N–H and O–H groups in total. The maximum absolute atomic E-state index is 12.4. The number of pyridine rings is 1. The Balaban J connectivity index is 1.66. The van der Waals surface area contributed by atoms with Crippen LogP contribution in [0.2, 0.25) is 0 Å². The number of nitrogens with zero attached hydrogens (tertiary/aromatic N) is 2. The fourth-order valence-electron chi connectivity index (χ4n) is 3.52. The van der Waals surface area contributed by atoms with Crippen molar-refractivity contribution in [1.82, 2.24) is 15.2 Å². The summed E-state index contributed by atoms with van der Waals surface area (Å²) in [5.74, 6) is -0.0527. The van der Waals surface area contributed by atoms with Gasteiger partial charge in [0.15, 0.2) is 0 Å². The summed E-state index contributed by atoms with van der Waals surface area (Å²) in [6, 6.07) is 32.4. The maximum Gasteiger partial charge on any atom is 0.251 e. The quantitative estimate of drug-likeness (QED) is 0.436. The lowest BCUT2D eigenvalue weighted by atomic mass is 9.99. The molecule has 0 spiro atoms. The Morgan fingerprint density at radius 1 is 0.719 bits per heavy atom. The number of hydrogen-bond acceptors (Lipinski definition) is 3. The van der Waals surface area contributed by atoms with Crippen LogP contribution in [0, 0.1) is 0 Å². The number of rotatable bonds is 7. The Hall–Kier alpha value is -3.76. The molecule has 1 aromatic heterocycles. The Morgan fingerprint density at radius 2 is 1.25 bits per heavy atom. The first-order valence-corrected chi connectivity index (χ1v) is 10.8. The number of carbonyl (C=O) groups excluding carboxylic acids is 1. The first-order valence-electron chi connectivity index (χ1n) is 10.8. The smallest absolute Gasteiger partial charge is 0.251 e. The highest BCUT2D eigenvalue weighted by Crippen LogP contribution is 2.30. The van der Waals surface area contributed by atoms with Crippen molar-refractivity contribution in [2.24, 2.45) is 0 Å². The lowest BCUT2D eigenvalue weighted by molar-refractivity contribution is 0.0951. The zero-order valence-electron chi connectivity index (χ0n) is 18.5. The van der Waals surface area contributed by atoms with Crippen LogP contribution in [-0.4, -0.2) is 43.0 Å². The van der Waals surface area contributed by atoms with Gasteiger partial charge in [-0.25, -0.2) is 4.98 Å². The van der Waals surface area contributed by atoms with E-state index in [1.165, 1.54) is 0 Å². The molecular formula is C28H27N3O. The van der Waals surface area contributed by atoms with Gasteiger partial charge in [0.2, 0.25) is 0 Å². The van der Waals surface area contributed by atoms with Gasteiger partial charge in [0, 0.05) is 29.8 Å². The van der Waals surface area contributed by atoms with Crippen LogP contribution < -0.4 is 5.32 Å². The molecule has 0 fully saturated rings. The standard InChI is InChI=1S/C28H27N3O/c1-31(2)18-17-29-28(32)24-15-13-21(14-16-24)25-19-26(22-9-5-3-6-10-22)30-27(20-25)23-11-7-4-8-12-23/h3-16,19-20H,17-18H2,1-2H3,(H,29,32). The third-order valence-electron chi connectivity index (χ3n) is 5.29. The highest BCUT2D eigenvalue weighted by atomic mass is 16.1. The summed E-state index contributed by atoms with van der Waals surface area (Å²) in [6.07, 6.45) is 0. The van der Waals surface area contributed by atoms with Crippen LogP contribution >= 0.6 is 0 Å². The third kappa shape index (κ3) is 5.29. The molecule has 160 valence electrons. The molecule has 0 aliphatic carbocycles. The Labute approximate surface area is 189 Å². The van der Waals surface area contributed by atoms with E-state index in [-0.39, 0.29) is 5.91 Å². The molecule has 4 rings (SSSR count). The van der Waals surface area contributed by atoms with E-state index in [1.807, 2.05) is 79.7 Å². The fourth-order valence-corrected chi connectivity index (χ4v) is 3.52. The third-order valence-corrected chi connectivity index (χ3v) is 5.29. The molecule has 0 unspecified atom stereocenters. The molecule has 1 heterocycles. The van der Waals surface area contributed by atoms with E-state index >= 15 is 0 Å². The SMILES string of the molecule is CN(C)CCNC(=O)c1ccc(-c2cc(-c3ccccc3)nc(-c3ccccc3)c2)cc1. The Morgan fingerprint density at radius 3 is 1.75 bits per heavy atom. The van der Waals surface area contributed by atoms with Crippen molar-refractivity contribution >= 4 is 5.91 Å². The predicted molar refractivity (Wildman–Crippen MR) is 131 cm³/mol. The van der Waals surface area contributed by atoms with Crippen molar-refractivity contribution in [3.63, 3.8) is 0 Å². The van der Waals surface area contributed by atoms with Gasteiger partial charge in [0.1, 0.15) is 0 Å². The fraction of sp³-hybridized carbons (Fsp3) is 0.143. The summed E-state index contributed by atoms with van der Waals surface area (Å²) in [7, 11) is 3.98. The van der Waals surface area contributed by atoms with Gasteiger partial charge in [-0.2, -0.15) is 0 Å². The molecule has 0 atom stereocenters. The van der Waals surface area contributed by atoms with Crippen LogP contribution in [0.25, 0.3) is 33.6 Å². The summed E-state index contributed by atoms with van der Waals surface area (Å²) in [6.45, 7) is 1.43. The van der Waals surface area contributed by atoms with Gasteiger partial charge in [0.05, 0.1) is 11.4 Å². The summed E-state index contributed by atoms with van der Waals surface area (Å²) < 4.78 is 0. The first-order chi connectivity index (χ1) is 15.6. The second-order valence-corrected chi connectivity index (χ2v) is 7.99. The minimum atomic E-state index is -0.0527. The molecule has 32 heavy (non-hydrogen) atoms. The van der Waals surface area contributed by atoms with Crippen molar-refractivity contribution in [2.45, 2.75) is 0 Å². The van der Waals surface area contributed by atoms with E-state index < -0.39 is 0 Å². The highest BCUT2D eigenvalue weighted by molar-refractivity contribution is 5.94. The van der Waals surface area contributed by atoms with Gasteiger partial charge < -0.3 is 10.2 Å². The van der Waals surface area contributed by atoms with E-state index in [9.17, 15) is 4.79 Å². The normalized spacial score (nSPS) is 10.8. The number of carbonyl (C=O) groups is 1. The van der Waals surface area contributed by atoms with E-state index in [1.54, 1.807) is 0 Å². The molecule has 4 aromatic rings. The van der Waals surface area contributed by atoms with Crippen molar-refractivity contribution in [1.29, 1.82) is 0 Å². The molecule has 4 heteroatoms. The number of nitrogens with one attached hydrogen (secondary N) is 1. The lowest BCUT2D eigenvalue weighted by Crippen LogP contribution is -2.31. The molecule has 0 aliphatic rings. The van der Waals surface area contributed by atoms with Crippen molar-refractivity contribution in [2.75, 3.05) is 27.2 Å². The number of aromatic nitrogens is 1. The molecular weight excluding hydrogens is 394 g/mol. The van der Waals surface area contributed by atoms with Crippen LogP contribution in [-0.2, 0) is 0 Å². The molecule has 4 nitrogen and oxygen atoms in total. The number of hydrogen-bond donors (Lipinski definition) is 1. The molecule has 3 aromatic carbocycles. The second kappa shape index (κ2) is 10.0. The second-order valence-electron chi connectivity index (χ2n) is 7.99. The van der Waals surface area contributed by atoms with Crippen LogP contribution in [0.1, 0.15) is 10.4 Å². The minimum absolute atomic E-state index is 0.0527. The summed E-state index contributed by atoms with van der Waals surface area (Å²) in [5.41, 5.74) is 6.77. The molecule has 0 saturated carbocycles. The topological polar surface area (TPSA) is 45.2 Å².